The summed E-state index contributed by atoms with van der Waals surface area (Å²) in [5.41, 5.74) is 6.54. The fraction of sp³-hybridized carbons (Fsp3) is 0.739. The minimum Gasteiger partial charge on any atom is -0.466 e. The van der Waals surface area contributed by atoms with Crippen LogP contribution in [0.4, 0.5) is 17.3 Å². The Balaban J connectivity index is 1.96. The predicted octanol–water partition coefficient (Wildman–Crippen LogP) is 3.04. The fourth-order valence-corrected chi connectivity index (χ4v) is 3.92. The van der Waals surface area contributed by atoms with Crippen molar-refractivity contribution in [3.05, 3.63) is 0 Å². The van der Waals surface area contributed by atoms with Crippen LogP contribution in [0.3, 0.4) is 0 Å². The number of hydrogen-bond donors (Lipinski definition) is 1. The average molecular weight is 465 g/mol. The van der Waals surface area contributed by atoms with Gasteiger partial charge in [-0.1, -0.05) is 13.3 Å². The summed E-state index contributed by atoms with van der Waals surface area (Å²) in [7, 11) is 1.64. The highest BCUT2D eigenvalue weighted by molar-refractivity contribution is 5.75. The lowest BCUT2D eigenvalue weighted by Gasteiger charge is -2.31. The lowest BCUT2D eigenvalue weighted by Crippen LogP contribution is -2.40. The van der Waals surface area contributed by atoms with Gasteiger partial charge in [0.1, 0.15) is 12.4 Å². The molecule has 10 heteroatoms. The number of nitrogens with two attached hydrogens (primary N) is 1. The van der Waals surface area contributed by atoms with Gasteiger partial charge >= 0.3 is 12.0 Å². The second-order valence-electron chi connectivity index (χ2n) is 8.20. The summed E-state index contributed by atoms with van der Waals surface area (Å²) in [6, 6.07) is 0.239. The molecule has 1 saturated heterocycles. The van der Waals surface area contributed by atoms with Crippen LogP contribution in [0, 0.1) is 5.92 Å². The van der Waals surface area contributed by atoms with Crippen molar-refractivity contribution in [2.45, 2.75) is 52.4 Å². The van der Waals surface area contributed by atoms with E-state index < -0.39 is 0 Å². The van der Waals surface area contributed by atoms with Crippen LogP contribution < -0.4 is 15.4 Å². The Bertz CT molecular complexity index is 748. The number of carbonyl (C=O) groups is 1. The van der Waals surface area contributed by atoms with E-state index in [4.69, 9.17) is 19.9 Å². The zero-order valence-corrected chi connectivity index (χ0v) is 20.4. The number of hydrogen-bond acceptors (Lipinski definition) is 10. The van der Waals surface area contributed by atoms with E-state index in [1.165, 1.54) is 0 Å². The number of unbranched alkanes of at least 4 members (excludes halogenated alkanes) is 2. The molecule has 2 heterocycles. The molecule has 1 atom stereocenters. The maximum Gasteiger partial charge on any atom is 0.320 e. The van der Waals surface area contributed by atoms with Gasteiger partial charge in [0.05, 0.1) is 19.1 Å². The minimum absolute atomic E-state index is 0.0139. The molecule has 2 N–H and O–H groups in total. The van der Waals surface area contributed by atoms with Crippen molar-refractivity contribution in [3.8, 4) is 6.01 Å². The summed E-state index contributed by atoms with van der Waals surface area (Å²) in [4.78, 5) is 29.2. The van der Waals surface area contributed by atoms with Gasteiger partial charge in [-0.15, -0.1) is 0 Å². The Hall–Kier alpha value is -2.46. The lowest BCUT2D eigenvalue weighted by atomic mass is 9.98. The number of nitrogens with zero attached hydrogens (tertiary/aromatic N) is 5. The number of methoxy groups -OCH3 is 1. The van der Waals surface area contributed by atoms with Crippen LogP contribution >= 0.6 is 0 Å². The Labute approximate surface area is 197 Å². The standard InChI is InChI=1S/C23H40N6O4/c1-5-7-15-33-23-26-20(24)19(25-3)21(27-23)29(17-31-4)14-9-8-12-28-13-10-11-18(16-28)22(30)32-6-2/h18H,3,5-17H2,1-2,4H3,(H2,24,26,27). The molecule has 0 aromatic carbocycles. The number of rotatable bonds is 15. The van der Waals surface area contributed by atoms with Crippen molar-refractivity contribution >= 4 is 30.0 Å². The molecule has 1 aliphatic rings. The van der Waals surface area contributed by atoms with Crippen LogP contribution in [0.15, 0.2) is 4.99 Å². The smallest absolute Gasteiger partial charge is 0.320 e. The third-order valence-corrected chi connectivity index (χ3v) is 5.62. The third-order valence-electron chi connectivity index (χ3n) is 5.62. The van der Waals surface area contributed by atoms with Gasteiger partial charge in [0, 0.05) is 20.2 Å². The molecular formula is C23H40N6O4. The average Bonchev–Trinajstić information content (AvgIpc) is 2.81. The molecule has 1 unspecified atom stereocenters. The van der Waals surface area contributed by atoms with Gasteiger partial charge in [0.2, 0.25) is 0 Å². The summed E-state index contributed by atoms with van der Waals surface area (Å²) in [6.45, 7) is 12.3. The number of likely N-dealkylation sites (tertiary alicyclic amines) is 1. The summed E-state index contributed by atoms with van der Waals surface area (Å²) in [5, 5.41) is 0. The van der Waals surface area contributed by atoms with Crippen LogP contribution in [0.2, 0.25) is 0 Å². The molecule has 1 fully saturated rings. The molecule has 0 radical (unpaired) electrons. The highest BCUT2D eigenvalue weighted by Gasteiger charge is 2.26. The van der Waals surface area contributed by atoms with Crippen molar-refractivity contribution in [3.63, 3.8) is 0 Å². The zero-order chi connectivity index (χ0) is 24.1. The Morgan fingerprint density at radius 3 is 2.82 bits per heavy atom. The molecule has 33 heavy (non-hydrogen) atoms. The molecule has 0 spiro atoms. The number of piperidine rings is 1. The molecule has 0 amide bonds. The molecule has 186 valence electrons. The van der Waals surface area contributed by atoms with Gasteiger partial charge in [0.15, 0.2) is 11.6 Å². The predicted molar refractivity (Wildman–Crippen MR) is 130 cm³/mol. The lowest BCUT2D eigenvalue weighted by molar-refractivity contribution is -0.149. The highest BCUT2D eigenvalue weighted by atomic mass is 16.5. The minimum atomic E-state index is -0.0729. The number of carbonyl (C=O) groups excluding carboxylic acids is 1. The second-order valence-corrected chi connectivity index (χ2v) is 8.20. The number of aromatic nitrogens is 2. The molecule has 1 aromatic rings. The van der Waals surface area contributed by atoms with E-state index in [1.54, 1.807) is 7.11 Å². The van der Waals surface area contributed by atoms with Crippen molar-refractivity contribution in [2.24, 2.45) is 10.9 Å². The summed E-state index contributed by atoms with van der Waals surface area (Å²) in [6.07, 6.45) is 5.75. The van der Waals surface area contributed by atoms with Crippen LogP contribution in [-0.4, -0.2) is 80.8 Å². The molecule has 1 aromatic heterocycles. The first kappa shape index (κ1) is 26.8. The number of anilines is 2. The van der Waals surface area contributed by atoms with E-state index in [-0.39, 0.29) is 23.7 Å². The van der Waals surface area contributed by atoms with E-state index in [1.807, 2.05) is 11.8 Å². The number of esters is 1. The molecule has 0 aliphatic carbocycles. The van der Waals surface area contributed by atoms with E-state index >= 15 is 0 Å². The van der Waals surface area contributed by atoms with Crippen molar-refractivity contribution < 1.29 is 19.0 Å². The van der Waals surface area contributed by atoms with Crippen molar-refractivity contribution in [2.75, 3.05) is 63.9 Å². The third kappa shape index (κ3) is 8.43. The SMILES string of the molecule is C=Nc1c(N)nc(OCCCC)nc1N(CCCCN1CCCC(C(=O)OCC)C1)COC. The first-order valence-corrected chi connectivity index (χ1v) is 11.9. The van der Waals surface area contributed by atoms with Crippen LogP contribution in [-0.2, 0) is 14.3 Å². The monoisotopic (exact) mass is 464 g/mol. The summed E-state index contributed by atoms with van der Waals surface area (Å²) >= 11 is 0. The first-order chi connectivity index (χ1) is 16.0. The molecule has 0 bridgehead atoms. The molecule has 1 aliphatic heterocycles. The number of aliphatic imine (C=N–C) groups is 1. The highest BCUT2D eigenvalue weighted by Crippen LogP contribution is 2.33. The van der Waals surface area contributed by atoms with E-state index in [9.17, 15) is 4.79 Å². The largest absolute Gasteiger partial charge is 0.466 e. The van der Waals surface area contributed by atoms with E-state index in [0.29, 0.717) is 38.0 Å². The van der Waals surface area contributed by atoms with Gasteiger partial charge in [-0.2, -0.15) is 9.97 Å². The second kappa shape index (κ2) is 14.6. The molecule has 2 rings (SSSR count). The Morgan fingerprint density at radius 2 is 2.12 bits per heavy atom. The van der Waals surface area contributed by atoms with Crippen molar-refractivity contribution in [1.82, 2.24) is 14.9 Å². The summed E-state index contributed by atoms with van der Waals surface area (Å²) < 4.78 is 16.3. The normalized spacial score (nSPS) is 16.4. The van der Waals surface area contributed by atoms with Gasteiger partial charge in [-0.05, 0) is 58.8 Å². The maximum absolute atomic E-state index is 12.1. The maximum atomic E-state index is 12.1. The van der Waals surface area contributed by atoms with E-state index in [2.05, 4.69) is 33.5 Å². The molecular weight excluding hydrogens is 424 g/mol. The topological polar surface area (TPSA) is 115 Å². The fourth-order valence-electron chi connectivity index (χ4n) is 3.92. The number of ether oxygens (including phenoxy) is 3. The van der Waals surface area contributed by atoms with Gasteiger partial charge < -0.3 is 29.7 Å². The van der Waals surface area contributed by atoms with Gasteiger partial charge in [-0.3, -0.25) is 9.79 Å². The summed E-state index contributed by atoms with van der Waals surface area (Å²) in [5.74, 6) is 0.711. The first-order valence-electron chi connectivity index (χ1n) is 11.9. The molecule has 10 nitrogen and oxygen atoms in total. The van der Waals surface area contributed by atoms with Crippen LogP contribution in [0.25, 0.3) is 0 Å². The van der Waals surface area contributed by atoms with Gasteiger partial charge in [0.25, 0.3) is 0 Å². The van der Waals surface area contributed by atoms with Crippen LogP contribution in [0.5, 0.6) is 6.01 Å². The Kier molecular flexibility index (Phi) is 11.9. The van der Waals surface area contributed by atoms with Crippen LogP contribution in [0.1, 0.15) is 52.4 Å². The molecule has 0 saturated carbocycles. The quantitative estimate of drug-likeness (QED) is 0.181. The zero-order valence-electron chi connectivity index (χ0n) is 20.4. The van der Waals surface area contributed by atoms with Gasteiger partial charge in [-0.25, -0.2) is 0 Å². The Morgan fingerprint density at radius 1 is 1.30 bits per heavy atom. The number of nitrogen functional groups attached to an aromatic ring is 1. The van der Waals surface area contributed by atoms with Crippen molar-refractivity contribution in [1.29, 1.82) is 0 Å². The van der Waals surface area contributed by atoms with E-state index in [0.717, 1.165) is 58.2 Å².